The van der Waals surface area contributed by atoms with Crippen LogP contribution in [0.1, 0.15) is 21.1 Å². The number of thiophene rings is 1. The van der Waals surface area contributed by atoms with Crippen LogP contribution < -0.4 is 9.46 Å². The quantitative estimate of drug-likeness (QED) is 0.547. The number of methoxy groups -OCH3 is 1. The molecule has 12 heteroatoms. The van der Waals surface area contributed by atoms with Crippen molar-refractivity contribution >= 4 is 27.3 Å². The first-order chi connectivity index (χ1) is 15.4. The van der Waals surface area contributed by atoms with Crippen molar-refractivity contribution in [3.8, 4) is 16.5 Å². The van der Waals surface area contributed by atoms with Crippen LogP contribution in [0.5, 0.6) is 5.75 Å². The number of hydrogen-bond donors (Lipinski definition) is 1. The number of aryl methyl sites for hydroxylation is 1. The molecule has 2 aromatic heterocycles. The molecule has 1 saturated heterocycles. The topological polar surface area (TPSA) is 124 Å². The molecule has 0 spiro atoms. The van der Waals surface area contributed by atoms with E-state index in [1.165, 1.54) is 24.5 Å². The number of carbonyl (C=O) groups excluding carboxylic acids is 1. The van der Waals surface area contributed by atoms with Gasteiger partial charge in [-0.2, -0.15) is 4.98 Å². The van der Waals surface area contributed by atoms with Crippen molar-refractivity contribution in [2.75, 3.05) is 33.4 Å². The number of morpholine rings is 1. The van der Waals surface area contributed by atoms with Crippen molar-refractivity contribution in [2.45, 2.75) is 18.4 Å². The summed E-state index contributed by atoms with van der Waals surface area (Å²) in [6.45, 7) is 3.60. The van der Waals surface area contributed by atoms with Crippen LogP contribution in [0.3, 0.4) is 0 Å². The van der Waals surface area contributed by atoms with E-state index in [2.05, 4.69) is 14.9 Å². The third kappa shape index (κ3) is 4.67. The van der Waals surface area contributed by atoms with Crippen LogP contribution in [-0.2, 0) is 21.3 Å². The number of ether oxygens (including phenoxy) is 2. The molecular formula is C20H22N4O6S2. The van der Waals surface area contributed by atoms with E-state index in [1.807, 2.05) is 12.1 Å². The Morgan fingerprint density at radius 3 is 2.78 bits per heavy atom. The summed E-state index contributed by atoms with van der Waals surface area (Å²) in [6, 6.07) is 8.67. The van der Waals surface area contributed by atoms with Gasteiger partial charge in [-0.25, -0.2) is 13.1 Å². The van der Waals surface area contributed by atoms with Gasteiger partial charge in [0.15, 0.2) is 0 Å². The molecule has 3 heterocycles. The van der Waals surface area contributed by atoms with Gasteiger partial charge in [0.1, 0.15) is 5.75 Å². The molecule has 1 N–H and O–H groups in total. The number of rotatable bonds is 7. The molecule has 3 aromatic rings. The fourth-order valence-corrected chi connectivity index (χ4v) is 5.78. The first kappa shape index (κ1) is 22.4. The van der Waals surface area contributed by atoms with Crippen molar-refractivity contribution < 1.29 is 27.2 Å². The minimum absolute atomic E-state index is 0.0807. The van der Waals surface area contributed by atoms with E-state index in [9.17, 15) is 13.2 Å². The zero-order valence-corrected chi connectivity index (χ0v) is 19.2. The number of carbonyl (C=O) groups is 1. The van der Waals surface area contributed by atoms with Crippen molar-refractivity contribution in [2.24, 2.45) is 0 Å². The van der Waals surface area contributed by atoms with E-state index in [1.54, 1.807) is 24.0 Å². The lowest BCUT2D eigenvalue weighted by molar-refractivity contribution is 0.0272. The highest BCUT2D eigenvalue weighted by molar-refractivity contribution is 7.89. The van der Waals surface area contributed by atoms with Crippen LogP contribution in [0.4, 0.5) is 0 Å². The summed E-state index contributed by atoms with van der Waals surface area (Å²) in [5.41, 5.74) is 0.719. The smallest absolute Gasteiger partial charge is 0.316 e. The third-order valence-corrected chi connectivity index (χ3v) is 7.64. The number of hydrogen-bond acceptors (Lipinski definition) is 9. The molecule has 0 saturated carbocycles. The molecule has 0 unspecified atom stereocenters. The second kappa shape index (κ2) is 9.36. The van der Waals surface area contributed by atoms with Crippen molar-refractivity contribution in [1.82, 2.24) is 19.8 Å². The molecule has 1 aliphatic heterocycles. The molecule has 170 valence electrons. The average Bonchev–Trinajstić information content (AvgIpc) is 3.45. The highest BCUT2D eigenvalue weighted by Gasteiger charge is 2.26. The van der Waals surface area contributed by atoms with Gasteiger partial charge in [0.25, 0.3) is 0 Å². The van der Waals surface area contributed by atoms with Crippen LogP contribution in [-0.4, -0.2) is 62.8 Å². The van der Waals surface area contributed by atoms with Crippen LogP contribution in [0.25, 0.3) is 10.7 Å². The third-order valence-electron chi connectivity index (χ3n) is 4.93. The lowest BCUT2D eigenvalue weighted by Gasteiger charge is -2.25. The number of aromatic nitrogens is 2. The number of benzene rings is 1. The lowest BCUT2D eigenvalue weighted by atomic mass is 10.2. The molecule has 1 fully saturated rings. The van der Waals surface area contributed by atoms with E-state index in [-0.39, 0.29) is 29.1 Å². The number of amides is 1. The average molecular weight is 479 g/mol. The van der Waals surface area contributed by atoms with Crippen molar-refractivity contribution in [3.05, 3.63) is 46.7 Å². The Morgan fingerprint density at radius 1 is 1.28 bits per heavy atom. The van der Waals surface area contributed by atoms with Crippen molar-refractivity contribution in [3.63, 3.8) is 0 Å². The van der Waals surface area contributed by atoms with E-state index < -0.39 is 10.0 Å². The normalized spacial score (nSPS) is 14.5. The Labute approximate surface area is 189 Å². The van der Waals surface area contributed by atoms with Crippen LogP contribution in [0.2, 0.25) is 0 Å². The zero-order valence-electron chi connectivity index (χ0n) is 17.5. The van der Waals surface area contributed by atoms with Gasteiger partial charge in [0.05, 0.1) is 30.1 Å². The summed E-state index contributed by atoms with van der Waals surface area (Å²) in [4.78, 5) is 19.5. The summed E-state index contributed by atoms with van der Waals surface area (Å²) < 4.78 is 44.1. The van der Waals surface area contributed by atoms with Crippen LogP contribution in [0.15, 0.2) is 39.8 Å². The van der Waals surface area contributed by atoms with Gasteiger partial charge in [-0.1, -0.05) is 23.4 Å². The Kier molecular flexibility index (Phi) is 6.55. The molecule has 0 atom stereocenters. The molecular weight excluding hydrogens is 456 g/mol. The Hall–Kier alpha value is -2.80. The molecule has 1 aliphatic rings. The first-order valence-corrected chi connectivity index (χ1v) is 12.1. The predicted octanol–water partition coefficient (Wildman–Crippen LogP) is 2.07. The monoisotopic (exact) mass is 478 g/mol. The first-order valence-electron chi connectivity index (χ1n) is 9.82. The SMILES string of the molecule is COc1ccccc1CNS(=O)(=O)c1cc(-c2noc(C(=O)N3CCOCC3)n2)sc1C. The maximum Gasteiger partial charge on any atom is 0.316 e. The standard InChI is InChI=1S/C20H22N4O6S2/c1-13-17(32(26,27)21-12-14-5-3-4-6-15(14)28-2)11-16(31-13)18-22-19(30-23-18)20(25)24-7-9-29-10-8-24/h3-6,11,21H,7-10,12H2,1-2H3. The summed E-state index contributed by atoms with van der Waals surface area (Å²) in [6.07, 6.45) is 0. The molecule has 0 radical (unpaired) electrons. The molecule has 0 bridgehead atoms. The van der Waals surface area contributed by atoms with Gasteiger partial charge in [0.2, 0.25) is 15.8 Å². The van der Waals surface area contributed by atoms with Crippen LogP contribution >= 0.6 is 11.3 Å². The zero-order chi connectivity index (χ0) is 22.7. The summed E-state index contributed by atoms with van der Waals surface area (Å²) in [5.74, 6) is 0.265. The molecule has 1 amide bonds. The van der Waals surface area contributed by atoms with E-state index in [4.69, 9.17) is 14.0 Å². The Balaban J connectivity index is 1.51. The van der Waals surface area contributed by atoms with Crippen molar-refractivity contribution in [1.29, 1.82) is 0 Å². The summed E-state index contributed by atoms with van der Waals surface area (Å²) in [5, 5.41) is 3.87. The van der Waals surface area contributed by atoms with Gasteiger partial charge >= 0.3 is 11.8 Å². The maximum atomic E-state index is 12.9. The van der Waals surface area contributed by atoms with Gasteiger partial charge < -0.3 is 18.9 Å². The Morgan fingerprint density at radius 2 is 2.03 bits per heavy atom. The molecule has 32 heavy (non-hydrogen) atoms. The minimum atomic E-state index is -3.80. The predicted molar refractivity (Wildman–Crippen MR) is 116 cm³/mol. The van der Waals surface area contributed by atoms with E-state index in [0.29, 0.717) is 41.8 Å². The minimum Gasteiger partial charge on any atom is -0.496 e. The molecule has 4 rings (SSSR count). The fraction of sp³-hybridized carbons (Fsp3) is 0.350. The maximum absolute atomic E-state index is 12.9. The fourth-order valence-electron chi connectivity index (χ4n) is 3.25. The van der Waals surface area contributed by atoms with Gasteiger partial charge in [-0.05, 0) is 19.1 Å². The summed E-state index contributed by atoms with van der Waals surface area (Å²) >= 11 is 1.21. The van der Waals surface area contributed by atoms with Gasteiger partial charge in [-0.3, -0.25) is 4.79 Å². The summed E-state index contributed by atoms with van der Waals surface area (Å²) in [7, 11) is -2.26. The van der Waals surface area contributed by atoms with E-state index in [0.717, 1.165) is 5.56 Å². The number of nitrogens with zero attached hydrogens (tertiary/aromatic N) is 3. The lowest BCUT2D eigenvalue weighted by Crippen LogP contribution is -2.40. The second-order valence-corrected chi connectivity index (χ2v) is 9.99. The molecule has 0 aliphatic carbocycles. The van der Waals surface area contributed by atoms with Crippen LogP contribution in [0, 0.1) is 6.92 Å². The Bertz CT molecular complexity index is 1210. The molecule has 1 aromatic carbocycles. The largest absolute Gasteiger partial charge is 0.496 e. The second-order valence-electron chi connectivity index (χ2n) is 7.00. The van der Waals surface area contributed by atoms with E-state index >= 15 is 0 Å². The number of para-hydroxylation sites is 1. The highest BCUT2D eigenvalue weighted by atomic mass is 32.2. The van der Waals surface area contributed by atoms with Gasteiger partial charge in [-0.15, -0.1) is 11.3 Å². The highest BCUT2D eigenvalue weighted by Crippen LogP contribution is 2.32. The van der Waals surface area contributed by atoms with Gasteiger partial charge in [0, 0.05) is 30.1 Å². The number of nitrogens with one attached hydrogen (secondary N) is 1. The molecule has 10 nitrogen and oxygen atoms in total. The number of sulfonamides is 1.